The van der Waals surface area contributed by atoms with E-state index in [1.165, 1.54) is 6.26 Å². The Kier molecular flexibility index (Phi) is 5.83. The van der Waals surface area contributed by atoms with E-state index in [2.05, 4.69) is 15.6 Å². The van der Waals surface area contributed by atoms with Gasteiger partial charge in [0, 0.05) is 12.1 Å². The molecule has 0 bridgehead atoms. The van der Waals surface area contributed by atoms with Crippen molar-refractivity contribution in [3.8, 4) is 0 Å². The number of carbonyl (C=O) groups is 2. The van der Waals surface area contributed by atoms with Crippen LogP contribution in [0.15, 0.2) is 76.1 Å². The third kappa shape index (κ3) is 4.16. The summed E-state index contributed by atoms with van der Waals surface area (Å²) < 4.78 is 7.23. The van der Waals surface area contributed by atoms with Gasteiger partial charge in [0.1, 0.15) is 16.3 Å². The van der Waals surface area contributed by atoms with E-state index in [0.717, 1.165) is 16.9 Å². The second-order valence-electron chi connectivity index (χ2n) is 7.50. The molecular formula is C24H18N4O4S2. The zero-order valence-corrected chi connectivity index (χ0v) is 19.3. The Bertz CT molecular complexity index is 1630. The monoisotopic (exact) mass is 490 g/mol. The zero-order chi connectivity index (χ0) is 23.7. The Balaban J connectivity index is 1.50. The summed E-state index contributed by atoms with van der Waals surface area (Å²) in [5, 5.41) is 6.01. The van der Waals surface area contributed by atoms with Crippen LogP contribution < -0.4 is 16.2 Å². The first-order valence-corrected chi connectivity index (χ1v) is 11.6. The lowest BCUT2D eigenvalue weighted by Crippen LogP contribution is -2.23. The highest BCUT2D eigenvalue weighted by molar-refractivity contribution is 7.73. The first kappa shape index (κ1) is 21.8. The molecule has 5 aromatic rings. The number of aromatic nitrogens is 2. The number of amides is 2. The molecule has 0 fully saturated rings. The highest BCUT2D eigenvalue weighted by atomic mass is 32.1. The molecule has 3 aromatic heterocycles. The van der Waals surface area contributed by atoms with E-state index in [1.54, 1.807) is 34.7 Å². The molecule has 170 valence electrons. The van der Waals surface area contributed by atoms with Crippen molar-refractivity contribution >= 4 is 51.9 Å². The molecule has 0 saturated carbocycles. The van der Waals surface area contributed by atoms with Crippen LogP contribution in [0.3, 0.4) is 0 Å². The Morgan fingerprint density at radius 3 is 2.56 bits per heavy atom. The normalized spacial score (nSPS) is 11.1. The number of thiazole rings is 1. The molecule has 5 rings (SSSR count). The molecule has 0 saturated heterocycles. The predicted octanol–water partition coefficient (Wildman–Crippen LogP) is 4.02. The summed E-state index contributed by atoms with van der Waals surface area (Å²) >= 11 is 6.60. The van der Waals surface area contributed by atoms with Gasteiger partial charge in [-0.1, -0.05) is 41.7 Å². The maximum absolute atomic E-state index is 12.8. The van der Waals surface area contributed by atoms with Crippen molar-refractivity contribution in [1.29, 1.82) is 0 Å². The van der Waals surface area contributed by atoms with E-state index in [4.69, 9.17) is 16.6 Å². The van der Waals surface area contributed by atoms with E-state index >= 15 is 0 Å². The highest BCUT2D eigenvalue weighted by Crippen LogP contribution is 2.23. The molecule has 2 amide bonds. The number of benzene rings is 2. The number of furan rings is 1. The van der Waals surface area contributed by atoms with Crippen LogP contribution >= 0.6 is 23.6 Å². The summed E-state index contributed by atoms with van der Waals surface area (Å²) in [6.45, 7) is 0.576. The standard InChI is InChI=1S/C24H18N4O4S2/c29-21(25-12-14-5-2-1-3-6-14)15-8-9-17-18(11-15)28-20(27-22(17)30)19(34-24(28)33)23(31)26-13-16-7-4-10-32-16/h1-11H,12-13H2,(H,25,29)(H,26,31)(H,27,30). The number of carbonyl (C=O) groups excluding carboxylic acids is 2. The Morgan fingerprint density at radius 1 is 1.00 bits per heavy atom. The molecule has 3 heterocycles. The molecule has 3 N–H and O–H groups in total. The lowest BCUT2D eigenvalue weighted by Gasteiger charge is -2.08. The number of nitrogens with one attached hydrogen (secondary N) is 3. The lowest BCUT2D eigenvalue weighted by molar-refractivity contribution is 0.0944. The second-order valence-corrected chi connectivity index (χ2v) is 9.14. The van der Waals surface area contributed by atoms with Crippen LogP contribution in [0.1, 0.15) is 31.4 Å². The number of rotatable bonds is 6. The van der Waals surface area contributed by atoms with Crippen LogP contribution in [0.25, 0.3) is 16.6 Å². The Morgan fingerprint density at radius 2 is 1.79 bits per heavy atom. The topological polar surface area (TPSA) is 109 Å². The van der Waals surface area contributed by atoms with E-state index in [-0.39, 0.29) is 34.4 Å². The predicted molar refractivity (Wildman–Crippen MR) is 132 cm³/mol. The number of H-pyrrole nitrogens is 1. The van der Waals surface area contributed by atoms with Gasteiger partial charge in [0.25, 0.3) is 17.4 Å². The van der Waals surface area contributed by atoms with E-state index < -0.39 is 0 Å². The lowest BCUT2D eigenvalue weighted by atomic mass is 10.1. The quantitative estimate of drug-likeness (QED) is 0.312. The maximum Gasteiger partial charge on any atom is 0.265 e. The molecule has 10 heteroatoms. The number of fused-ring (bicyclic) bond motifs is 3. The average molecular weight is 491 g/mol. The maximum atomic E-state index is 12.8. The van der Waals surface area contributed by atoms with Gasteiger partial charge in [-0.25, -0.2) is 0 Å². The fourth-order valence-electron chi connectivity index (χ4n) is 3.63. The van der Waals surface area contributed by atoms with Crippen molar-refractivity contribution < 1.29 is 14.0 Å². The molecular weight excluding hydrogens is 472 g/mol. The first-order valence-electron chi connectivity index (χ1n) is 10.4. The van der Waals surface area contributed by atoms with Gasteiger partial charge in [-0.05, 0) is 48.1 Å². The van der Waals surface area contributed by atoms with Crippen molar-refractivity contribution in [3.05, 3.63) is 103 Å². The van der Waals surface area contributed by atoms with E-state index in [9.17, 15) is 14.4 Å². The van der Waals surface area contributed by atoms with Crippen LogP contribution in [0, 0.1) is 3.95 Å². The van der Waals surface area contributed by atoms with E-state index in [0.29, 0.717) is 32.7 Å². The average Bonchev–Trinajstić information content (AvgIpc) is 3.49. The second kappa shape index (κ2) is 9.08. The highest BCUT2D eigenvalue weighted by Gasteiger charge is 2.19. The molecule has 8 nitrogen and oxygen atoms in total. The summed E-state index contributed by atoms with van der Waals surface area (Å²) in [7, 11) is 0. The molecule has 2 aromatic carbocycles. The van der Waals surface area contributed by atoms with Gasteiger partial charge in [0.05, 0.1) is 23.7 Å². The van der Waals surface area contributed by atoms with Gasteiger partial charge >= 0.3 is 0 Å². The summed E-state index contributed by atoms with van der Waals surface area (Å²) in [4.78, 5) is 41.4. The molecule has 0 atom stereocenters. The van der Waals surface area contributed by atoms with Gasteiger partial charge in [0.15, 0.2) is 3.95 Å². The largest absolute Gasteiger partial charge is 0.467 e. The minimum absolute atomic E-state index is 0.201. The molecule has 0 spiro atoms. The first-order chi connectivity index (χ1) is 16.5. The van der Waals surface area contributed by atoms with Crippen LogP contribution in [-0.2, 0) is 13.1 Å². The van der Waals surface area contributed by atoms with E-state index in [1.807, 2.05) is 30.3 Å². The fraction of sp³-hybridized carbons (Fsp3) is 0.0833. The van der Waals surface area contributed by atoms with Gasteiger partial charge in [-0.15, -0.1) is 0 Å². The summed E-state index contributed by atoms with van der Waals surface area (Å²) in [6, 6.07) is 17.8. The smallest absolute Gasteiger partial charge is 0.265 e. The van der Waals surface area contributed by atoms with Crippen molar-refractivity contribution in [3.63, 3.8) is 0 Å². The van der Waals surface area contributed by atoms with Crippen molar-refractivity contribution in [1.82, 2.24) is 20.0 Å². The van der Waals surface area contributed by atoms with Crippen LogP contribution in [0.4, 0.5) is 0 Å². The SMILES string of the molecule is O=C(NCc1ccccc1)c1ccc2c(=O)[nH]c3c(C(=O)NCc4ccco4)sc(=S)n3c2c1. The Labute approximate surface area is 201 Å². The molecule has 0 radical (unpaired) electrons. The third-order valence-electron chi connectivity index (χ3n) is 5.29. The van der Waals surface area contributed by atoms with Crippen molar-refractivity contribution in [2.24, 2.45) is 0 Å². The summed E-state index contributed by atoms with van der Waals surface area (Å²) in [5.41, 5.74) is 1.72. The summed E-state index contributed by atoms with van der Waals surface area (Å²) in [6.07, 6.45) is 1.52. The molecule has 0 aliphatic rings. The van der Waals surface area contributed by atoms with Gasteiger partial charge < -0.3 is 20.0 Å². The number of nitrogens with zero attached hydrogens (tertiary/aromatic N) is 1. The van der Waals surface area contributed by atoms with Crippen molar-refractivity contribution in [2.75, 3.05) is 0 Å². The third-order valence-corrected chi connectivity index (χ3v) is 6.67. The molecule has 0 unspecified atom stereocenters. The van der Waals surface area contributed by atoms with Crippen LogP contribution in [0.2, 0.25) is 0 Å². The molecule has 0 aliphatic heterocycles. The fourth-order valence-corrected chi connectivity index (χ4v) is 4.92. The zero-order valence-electron chi connectivity index (χ0n) is 17.7. The van der Waals surface area contributed by atoms with Crippen molar-refractivity contribution in [2.45, 2.75) is 13.1 Å². The van der Waals surface area contributed by atoms with Gasteiger partial charge in [-0.3, -0.25) is 18.8 Å². The Hall–Kier alpha value is -4.02. The number of aromatic amines is 1. The molecule has 34 heavy (non-hydrogen) atoms. The molecule has 0 aliphatic carbocycles. The number of hydrogen-bond donors (Lipinski definition) is 3. The van der Waals surface area contributed by atoms with Gasteiger partial charge in [-0.2, -0.15) is 0 Å². The summed E-state index contributed by atoms with van der Waals surface area (Å²) in [5.74, 6) is -0.0651. The minimum atomic E-state index is -0.387. The number of hydrogen-bond acceptors (Lipinski definition) is 6. The van der Waals surface area contributed by atoms with Crippen LogP contribution in [-0.4, -0.2) is 21.2 Å². The minimum Gasteiger partial charge on any atom is -0.467 e. The van der Waals surface area contributed by atoms with Gasteiger partial charge in [0.2, 0.25) is 0 Å². The van der Waals surface area contributed by atoms with Crippen LogP contribution in [0.5, 0.6) is 0 Å².